The highest BCUT2D eigenvalue weighted by atomic mass is 16.6. The van der Waals surface area contributed by atoms with Gasteiger partial charge in [0.25, 0.3) is 0 Å². The van der Waals surface area contributed by atoms with E-state index in [1.165, 1.54) is 6.42 Å². The quantitative estimate of drug-likeness (QED) is 0.272. The normalized spacial score (nSPS) is 25.7. The molecule has 7 nitrogen and oxygen atoms in total. The molecule has 0 bridgehead atoms. The van der Waals surface area contributed by atoms with Crippen LogP contribution in [0.5, 0.6) is 11.5 Å². The van der Waals surface area contributed by atoms with E-state index in [2.05, 4.69) is 13.8 Å². The zero-order valence-corrected chi connectivity index (χ0v) is 25.0. The van der Waals surface area contributed by atoms with Gasteiger partial charge in [0.05, 0.1) is 25.9 Å². The summed E-state index contributed by atoms with van der Waals surface area (Å²) < 4.78 is 30.4. The van der Waals surface area contributed by atoms with Gasteiger partial charge in [0.1, 0.15) is 23.2 Å². The lowest BCUT2D eigenvalue weighted by Crippen LogP contribution is -2.46. The first-order valence-electron chi connectivity index (χ1n) is 15.7. The van der Waals surface area contributed by atoms with Crippen molar-refractivity contribution in [2.24, 2.45) is 0 Å². The molecule has 1 spiro atoms. The number of aliphatic hydroxyl groups is 2. The Balaban J connectivity index is 1.38. The summed E-state index contributed by atoms with van der Waals surface area (Å²) in [5.74, 6) is -0.0906. The molecular formula is C34H48O7. The molecule has 0 amide bonds. The van der Waals surface area contributed by atoms with E-state index in [0.717, 1.165) is 68.2 Å². The first kappa shape index (κ1) is 30.3. The van der Waals surface area contributed by atoms with Crippen molar-refractivity contribution in [3.8, 4) is 11.5 Å². The smallest absolute Gasteiger partial charge is 0.195 e. The summed E-state index contributed by atoms with van der Waals surface area (Å²) in [7, 11) is 1.59. The van der Waals surface area contributed by atoms with Crippen molar-refractivity contribution in [3.05, 3.63) is 58.7 Å². The summed E-state index contributed by atoms with van der Waals surface area (Å²) in [6.07, 6.45) is 9.11. The zero-order chi connectivity index (χ0) is 28.9. The number of methoxy groups -OCH3 is 1. The van der Waals surface area contributed by atoms with Crippen molar-refractivity contribution in [2.45, 2.75) is 114 Å². The molecule has 3 aliphatic rings. The minimum absolute atomic E-state index is 0.0249. The lowest BCUT2D eigenvalue weighted by molar-refractivity contribution is -0.292. The molecule has 7 heteroatoms. The van der Waals surface area contributed by atoms with Gasteiger partial charge in [-0.3, -0.25) is 0 Å². The van der Waals surface area contributed by atoms with E-state index in [4.69, 9.17) is 23.7 Å². The van der Waals surface area contributed by atoms with Gasteiger partial charge in [0.15, 0.2) is 5.79 Å². The van der Waals surface area contributed by atoms with Gasteiger partial charge in [0, 0.05) is 37.2 Å². The van der Waals surface area contributed by atoms with E-state index in [-0.39, 0.29) is 17.8 Å². The molecule has 2 aromatic rings. The van der Waals surface area contributed by atoms with Crippen LogP contribution < -0.4 is 9.47 Å². The maximum atomic E-state index is 11.9. The van der Waals surface area contributed by atoms with Crippen LogP contribution in [0.25, 0.3) is 0 Å². The molecule has 41 heavy (non-hydrogen) atoms. The second-order valence-electron chi connectivity index (χ2n) is 12.1. The molecule has 0 radical (unpaired) electrons. The van der Waals surface area contributed by atoms with Gasteiger partial charge in [-0.05, 0) is 86.4 Å². The molecule has 2 heterocycles. The zero-order valence-electron chi connectivity index (χ0n) is 25.0. The van der Waals surface area contributed by atoms with E-state index < -0.39 is 11.9 Å². The van der Waals surface area contributed by atoms with Crippen LogP contribution in [0.1, 0.15) is 106 Å². The van der Waals surface area contributed by atoms with Gasteiger partial charge < -0.3 is 33.9 Å². The Labute approximate surface area is 245 Å². The molecule has 2 aliphatic heterocycles. The highest BCUT2D eigenvalue weighted by Gasteiger charge is 2.44. The third kappa shape index (κ3) is 6.91. The number of unbranched alkanes of at least 4 members (excludes halogenated alkanes) is 2. The van der Waals surface area contributed by atoms with Crippen molar-refractivity contribution < 1.29 is 33.9 Å². The second kappa shape index (κ2) is 13.4. The van der Waals surface area contributed by atoms with Gasteiger partial charge in [-0.25, -0.2) is 0 Å². The lowest BCUT2D eigenvalue weighted by Gasteiger charge is -2.45. The summed E-state index contributed by atoms with van der Waals surface area (Å²) in [5, 5.41) is 23.5. The summed E-state index contributed by atoms with van der Waals surface area (Å²) >= 11 is 0. The van der Waals surface area contributed by atoms with Gasteiger partial charge in [-0.1, -0.05) is 32.8 Å². The van der Waals surface area contributed by atoms with Gasteiger partial charge in [0.2, 0.25) is 0 Å². The first-order chi connectivity index (χ1) is 19.9. The molecule has 1 aliphatic carbocycles. The third-order valence-corrected chi connectivity index (χ3v) is 9.01. The largest absolute Gasteiger partial charge is 0.496 e. The van der Waals surface area contributed by atoms with Crippen LogP contribution in [0, 0.1) is 0 Å². The minimum Gasteiger partial charge on any atom is -0.496 e. The van der Waals surface area contributed by atoms with E-state index in [0.29, 0.717) is 49.5 Å². The Kier molecular flexibility index (Phi) is 9.93. The van der Waals surface area contributed by atoms with Crippen molar-refractivity contribution in [1.29, 1.82) is 0 Å². The number of fused-ring (bicyclic) bond motifs is 1. The van der Waals surface area contributed by atoms with Crippen LogP contribution in [-0.2, 0) is 26.4 Å². The standard InChI is InChI=1S/C34H48O7/c1-4-6-17-38-23-28-21-27(39-18-7-5-2)22-34(36,40-28)26-10-12-31(37-3)29(20-26)32(35)25-9-11-30-24(19-25)13-16-33(41-30)14-8-15-33/h9-12,19-20,27-28,32,35-36H,4-8,13-18,21-23H2,1-3H3/t27-,28?,32?,34?/m0/s1. The van der Waals surface area contributed by atoms with Crippen LogP contribution in [0.15, 0.2) is 36.4 Å². The number of aryl methyl sites for hydroxylation is 1. The molecular weight excluding hydrogens is 520 g/mol. The molecule has 4 atom stereocenters. The van der Waals surface area contributed by atoms with Crippen molar-refractivity contribution >= 4 is 0 Å². The Bertz CT molecular complexity index is 1150. The molecule has 2 N–H and O–H groups in total. The maximum absolute atomic E-state index is 11.9. The fourth-order valence-electron chi connectivity index (χ4n) is 6.33. The lowest BCUT2D eigenvalue weighted by atomic mass is 9.74. The SMILES string of the molecule is CCCCOCC1C[C@H](OCCCC)CC(O)(c2ccc(OC)c(C(O)c3ccc4c(c3)CCC3(CCC3)O4)c2)O1. The number of aliphatic hydroxyl groups excluding tert-OH is 1. The molecule has 226 valence electrons. The highest BCUT2D eigenvalue weighted by molar-refractivity contribution is 5.47. The molecule has 1 saturated heterocycles. The van der Waals surface area contributed by atoms with Crippen molar-refractivity contribution in [2.75, 3.05) is 26.9 Å². The number of rotatable bonds is 13. The molecule has 3 unspecified atom stereocenters. The molecule has 1 saturated carbocycles. The van der Waals surface area contributed by atoms with Crippen LogP contribution in [0.2, 0.25) is 0 Å². The Hall–Kier alpha value is -2.16. The average molecular weight is 569 g/mol. The minimum atomic E-state index is -1.57. The highest BCUT2D eigenvalue weighted by Crippen LogP contribution is 2.46. The number of hydrogen-bond donors (Lipinski definition) is 2. The predicted molar refractivity (Wildman–Crippen MR) is 157 cm³/mol. The average Bonchev–Trinajstić information content (AvgIpc) is 2.97. The number of ether oxygens (including phenoxy) is 5. The molecule has 2 aromatic carbocycles. The van der Waals surface area contributed by atoms with Gasteiger partial charge in [-0.2, -0.15) is 0 Å². The maximum Gasteiger partial charge on any atom is 0.195 e. The van der Waals surface area contributed by atoms with Crippen molar-refractivity contribution in [1.82, 2.24) is 0 Å². The van der Waals surface area contributed by atoms with E-state index in [1.807, 2.05) is 30.3 Å². The Morgan fingerprint density at radius 1 is 1.02 bits per heavy atom. The summed E-state index contributed by atoms with van der Waals surface area (Å²) in [4.78, 5) is 0. The Morgan fingerprint density at radius 2 is 1.83 bits per heavy atom. The molecule has 2 fully saturated rings. The summed E-state index contributed by atoms with van der Waals surface area (Å²) in [6.45, 7) is 5.99. The van der Waals surface area contributed by atoms with Crippen molar-refractivity contribution in [3.63, 3.8) is 0 Å². The van der Waals surface area contributed by atoms with Crippen LogP contribution in [0.3, 0.4) is 0 Å². The molecule has 5 rings (SSSR count). The monoisotopic (exact) mass is 568 g/mol. The predicted octanol–water partition coefficient (Wildman–Crippen LogP) is 6.35. The fraction of sp³-hybridized carbons (Fsp3) is 0.647. The van der Waals surface area contributed by atoms with Crippen LogP contribution in [-0.4, -0.2) is 55.0 Å². The summed E-state index contributed by atoms with van der Waals surface area (Å²) in [6, 6.07) is 11.4. The number of hydrogen-bond acceptors (Lipinski definition) is 7. The van der Waals surface area contributed by atoms with E-state index in [1.54, 1.807) is 13.2 Å². The van der Waals surface area contributed by atoms with Crippen LogP contribution in [0.4, 0.5) is 0 Å². The van der Waals surface area contributed by atoms with Gasteiger partial charge in [-0.15, -0.1) is 0 Å². The van der Waals surface area contributed by atoms with E-state index >= 15 is 0 Å². The van der Waals surface area contributed by atoms with Crippen LogP contribution >= 0.6 is 0 Å². The Morgan fingerprint density at radius 3 is 2.56 bits per heavy atom. The van der Waals surface area contributed by atoms with E-state index in [9.17, 15) is 10.2 Å². The molecule has 0 aromatic heterocycles. The summed E-state index contributed by atoms with van der Waals surface area (Å²) in [5.41, 5.74) is 3.08. The van der Waals surface area contributed by atoms with Gasteiger partial charge >= 0.3 is 0 Å². The number of benzene rings is 2. The fourth-order valence-corrected chi connectivity index (χ4v) is 6.33. The third-order valence-electron chi connectivity index (χ3n) is 9.01. The first-order valence-corrected chi connectivity index (χ1v) is 15.7. The topological polar surface area (TPSA) is 86.6 Å². The second-order valence-corrected chi connectivity index (χ2v) is 12.1.